The van der Waals surface area contributed by atoms with E-state index in [4.69, 9.17) is 15.2 Å². The van der Waals surface area contributed by atoms with Gasteiger partial charge in [-0.3, -0.25) is 5.10 Å². The van der Waals surface area contributed by atoms with Crippen molar-refractivity contribution >= 4 is 5.82 Å². The molecule has 2 heterocycles. The number of aromatic nitrogens is 2. The number of anilines is 1. The molecule has 1 aromatic heterocycles. The lowest BCUT2D eigenvalue weighted by Gasteiger charge is -2.06. The SMILES string of the molecule is Cc1ccc2c(c1-c1cc(N)n[nH]1)OCO2. The van der Waals surface area contributed by atoms with Gasteiger partial charge in [-0.2, -0.15) is 5.10 Å². The first-order chi connectivity index (χ1) is 7.75. The van der Waals surface area contributed by atoms with E-state index in [1.165, 1.54) is 0 Å². The van der Waals surface area contributed by atoms with Gasteiger partial charge in [-0.1, -0.05) is 6.07 Å². The minimum Gasteiger partial charge on any atom is -0.454 e. The van der Waals surface area contributed by atoms with Gasteiger partial charge in [0.25, 0.3) is 0 Å². The van der Waals surface area contributed by atoms with Crippen molar-refractivity contribution in [3.8, 4) is 22.8 Å². The zero-order chi connectivity index (χ0) is 11.1. The normalized spacial score (nSPS) is 13.1. The summed E-state index contributed by atoms with van der Waals surface area (Å²) in [6.45, 7) is 2.27. The van der Waals surface area contributed by atoms with E-state index >= 15 is 0 Å². The third-order valence-corrected chi connectivity index (χ3v) is 2.61. The summed E-state index contributed by atoms with van der Waals surface area (Å²) >= 11 is 0. The van der Waals surface area contributed by atoms with Gasteiger partial charge in [-0.05, 0) is 18.6 Å². The molecule has 0 saturated carbocycles. The van der Waals surface area contributed by atoms with E-state index in [0.717, 1.165) is 28.3 Å². The Morgan fingerprint density at radius 1 is 1.38 bits per heavy atom. The van der Waals surface area contributed by atoms with Crippen LogP contribution in [0.25, 0.3) is 11.3 Å². The zero-order valence-corrected chi connectivity index (χ0v) is 8.78. The Bertz CT molecular complexity index is 548. The van der Waals surface area contributed by atoms with E-state index in [1.54, 1.807) is 6.07 Å². The number of nitrogen functional groups attached to an aromatic ring is 1. The van der Waals surface area contributed by atoms with Gasteiger partial charge in [0.2, 0.25) is 6.79 Å². The van der Waals surface area contributed by atoms with Crippen LogP contribution in [0.2, 0.25) is 0 Å². The molecule has 82 valence electrons. The van der Waals surface area contributed by atoms with E-state index in [9.17, 15) is 0 Å². The average molecular weight is 217 g/mol. The van der Waals surface area contributed by atoms with Crippen molar-refractivity contribution in [1.29, 1.82) is 0 Å². The average Bonchev–Trinajstić information content (AvgIpc) is 2.86. The molecule has 0 radical (unpaired) electrons. The molecule has 3 rings (SSSR count). The molecule has 0 saturated heterocycles. The number of hydrogen-bond donors (Lipinski definition) is 2. The van der Waals surface area contributed by atoms with Crippen LogP contribution < -0.4 is 15.2 Å². The Labute approximate surface area is 92.2 Å². The van der Waals surface area contributed by atoms with Gasteiger partial charge in [0, 0.05) is 11.6 Å². The van der Waals surface area contributed by atoms with Crippen LogP contribution in [0.3, 0.4) is 0 Å². The number of nitrogens with zero attached hydrogens (tertiary/aromatic N) is 1. The number of nitrogens with two attached hydrogens (primary N) is 1. The molecular weight excluding hydrogens is 206 g/mol. The number of nitrogens with one attached hydrogen (secondary N) is 1. The molecule has 0 atom stereocenters. The third kappa shape index (κ3) is 1.21. The summed E-state index contributed by atoms with van der Waals surface area (Å²) in [4.78, 5) is 0. The fraction of sp³-hybridized carbons (Fsp3) is 0.182. The summed E-state index contributed by atoms with van der Waals surface area (Å²) in [5.74, 6) is 1.98. The standard InChI is InChI=1S/C11H11N3O2/c1-6-2-3-8-11(16-5-15-8)10(6)7-4-9(12)14-13-7/h2-4H,5H2,1H3,(H3,12,13,14). The van der Waals surface area contributed by atoms with Gasteiger partial charge < -0.3 is 15.2 Å². The molecule has 5 nitrogen and oxygen atoms in total. The fourth-order valence-electron chi connectivity index (χ4n) is 1.87. The third-order valence-electron chi connectivity index (χ3n) is 2.61. The lowest BCUT2D eigenvalue weighted by Crippen LogP contribution is -1.94. The minimum absolute atomic E-state index is 0.259. The second-order valence-electron chi connectivity index (χ2n) is 3.70. The Kier molecular flexibility index (Phi) is 1.80. The molecule has 1 aliphatic rings. The lowest BCUT2D eigenvalue weighted by atomic mass is 10.0. The molecular formula is C11H11N3O2. The summed E-state index contributed by atoms with van der Waals surface area (Å²) in [5, 5.41) is 6.80. The van der Waals surface area contributed by atoms with Gasteiger partial charge in [-0.15, -0.1) is 0 Å². The van der Waals surface area contributed by atoms with Gasteiger partial charge >= 0.3 is 0 Å². The Morgan fingerprint density at radius 3 is 3.00 bits per heavy atom. The molecule has 0 amide bonds. The van der Waals surface area contributed by atoms with E-state index in [0.29, 0.717) is 5.82 Å². The number of fused-ring (bicyclic) bond motifs is 1. The first kappa shape index (κ1) is 9.08. The van der Waals surface area contributed by atoms with Crippen molar-refractivity contribution in [1.82, 2.24) is 10.2 Å². The monoisotopic (exact) mass is 217 g/mol. The number of ether oxygens (including phenoxy) is 2. The van der Waals surface area contributed by atoms with E-state index < -0.39 is 0 Å². The summed E-state index contributed by atoms with van der Waals surface area (Å²) < 4.78 is 10.8. The molecule has 3 N–H and O–H groups in total. The number of hydrogen-bond acceptors (Lipinski definition) is 4. The summed E-state index contributed by atoms with van der Waals surface area (Å²) in [6.07, 6.45) is 0. The zero-order valence-electron chi connectivity index (χ0n) is 8.78. The van der Waals surface area contributed by atoms with Crippen LogP contribution in [0.5, 0.6) is 11.5 Å². The topological polar surface area (TPSA) is 73.2 Å². The van der Waals surface area contributed by atoms with E-state index in [2.05, 4.69) is 10.2 Å². The smallest absolute Gasteiger partial charge is 0.231 e. The van der Waals surface area contributed by atoms with E-state index in [-0.39, 0.29) is 6.79 Å². The summed E-state index contributed by atoms with van der Waals surface area (Å²) in [7, 11) is 0. The second kappa shape index (κ2) is 3.16. The highest BCUT2D eigenvalue weighted by molar-refractivity contribution is 5.76. The van der Waals surface area contributed by atoms with Crippen molar-refractivity contribution in [3.63, 3.8) is 0 Å². The Balaban J connectivity index is 2.23. The van der Waals surface area contributed by atoms with Crippen LogP contribution in [-0.2, 0) is 0 Å². The lowest BCUT2D eigenvalue weighted by molar-refractivity contribution is 0.174. The van der Waals surface area contributed by atoms with Crippen LogP contribution in [0.15, 0.2) is 18.2 Å². The first-order valence-corrected chi connectivity index (χ1v) is 4.96. The Morgan fingerprint density at radius 2 is 2.25 bits per heavy atom. The van der Waals surface area contributed by atoms with E-state index in [1.807, 2.05) is 19.1 Å². The molecule has 0 unspecified atom stereocenters. The highest BCUT2D eigenvalue weighted by Gasteiger charge is 2.21. The predicted octanol–water partition coefficient (Wildman–Crippen LogP) is 1.70. The summed E-state index contributed by atoms with van der Waals surface area (Å²) in [5.41, 5.74) is 8.49. The highest BCUT2D eigenvalue weighted by atomic mass is 16.7. The van der Waals surface area contributed by atoms with Gasteiger partial charge in [-0.25, -0.2) is 0 Å². The molecule has 5 heteroatoms. The van der Waals surface area contributed by atoms with Crippen LogP contribution in [0.4, 0.5) is 5.82 Å². The fourth-order valence-corrected chi connectivity index (χ4v) is 1.87. The van der Waals surface area contributed by atoms with Crippen molar-refractivity contribution in [3.05, 3.63) is 23.8 Å². The molecule has 0 fully saturated rings. The van der Waals surface area contributed by atoms with Crippen molar-refractivity contribution < 1.29 is 9.47 Å². The van der Waals surface area contributed by atoms with Crippen molar-refractivity contribution in [2.75, 3.05) is 12.5 Å². The molecule has 0 aliphatic carbocycles. The molecule has 1 aromatic carbocycles. The highest BCUT2D eigenvalue weighted by Crippen LogP contribution is 2.42. The van der Waals surface area contributed by atoms with Crippen LogP contribution in [-0.4, -0.2) is 17.0 Å². The number of H-pyrrole nitrogens is 1. The predicted molar refractivity (Wildman–Crippen MR) is 59.3 cm³/mol. The molecule has 0 spiro atoms. The number of benzene rings is 1. The van der Waals surface area contributed by atoms with Crippen molar-refractivity contribution in [2.45, 2.75) is 6.92 Å². The number of aryl methyl sites for hydroxylation is 1. The largest absolute Gasteiger partial charge is 0.454 e. The second-order valence-corrected chi connectivity index (χ2v) is 3.70. The van der Waals surface area contributed by atoms with Gasteiger partial charge in [0.15, 0.2) is 11.5 Å². The van der Waals surface area contributed by atoms with Crippen molar-refractivity contribution in [2.24, 2.45) is 0 Å². The quantitative estimate of drug-likeness (QED) is 0.762. The van der Waals surface area contributed by atoms with Gasteiger partial charge in [0.05, 0.1) is 5.69 Å². The number of aromatic amines is 1. The molecule has 1 aliphatic heterocycles. The van der Waals surface area contributed by atoms with Crippen LogP contribution >= 0.6 is 0 Å². The van der Waals surface area contributed by atoms with Crippen LogP contribution in [0.1, 0.15) is 5.56 Å². The molecule has 16 heavy (non-hydrogen) atoms. The summed E-state index contributed by atoms with van der Waals surface area (Å²) in [6, 6.07) is 5.67. The molecule has 2 aromatic rings. The maximum atomic E-state index is 5.60. The minimum atomic E-state index is 0.259. The first-order valence-electron chi connectivity index (χ1n) is 4.96. The number of rotatable bonds is 1. The van der Waals surface area contributed by atoms with Gasteiger partial charge in [0.1, 0.15) is 5.82 Å². The Hall–Kier alpha value is -2.17. The maximum Gasteiger partial charge on any atom is 0.231 e. The van der Waals surface area contributed by atoms with Crippen LogP contribution in [0, 0.1) is 6.92 Å². The maximum absolute atomic E-state index is 5.60. The molecule has 0 bridgehead atoms.